The second-order valence-electron chi connectivity index (χ2n) is 8.71. The molecular formula is C26H38N4O3. The van der Waals surface area contributed by atoms with Crippen LogP contribution in [0.1, 0.15) is 34.8 Å². The molecule has 7 heteroatoms. The van der Waals surface area contributed by atoms with Crippen molar-refractivity contribution in [1.82, 2.24) is 15.1 Å². The first-order valence-electron chi connectivity index (χ1n) is 11.7. The fourth-order valence-electron chi connectivity index (χ4n) is 4.50. The number of methoxy groups -OCH3 is 1. The first-order chi connectivity index (χ1) is 16.1. The molecule has 2 aromatic carbocycles. The van der Waals surface area contributed by atoms with Gasteiger partial charge in [-0.2, -0.15) is 0 Å². The quantitative estimate of drug-likeness (QED) is 0.567. The van der Waals surface area contributed by atoms with Crippen molar-refractivity contribution in [2.24, 2.45) is 5.73 Å². The number of primary amides is 1. The van der Waals surface area contributed by atoms with Crippen molar-refractivity contribution in [3.05, 3.63) is 71.8 Å². The molecule has 0 aromatic heterocycles. The number of nitrogens with zero attached hydrogens (tertiary/aromatic N) is 2. The SMILES string of the molecule is COCO[C@H]1CCN(C[C@H](c2ccccc2)N(C)C2CCNC2)C1.NC(=O)c1ccccc1. The van der Waals surface area contributed by atoms with E-state index >= 15 is 0 Å². The number of nitrogens with two attached hydrogens (primary N) is 1. The third-order valence-electron chi connectivity index (χ3n) is 6.43. The number of hydrogen-bond acceptors (Lipinski definition) is 6. The highest BCUT2D eigenvalue weighted by molar-refractivity contribution is 5.92. The Labute approximate surface area is 197 Å². The molecule has 2 aromatic rings. The van der Waals surface area contributed by atoms with Crippen molar-refractivity contribution < 1.29 is 14.3 Å². The van der Waals surface area contributed by atoms with E-state index in [1.54, 1.807) is 31.4 Å². The smallest absolute Gasteiger partial charge is 0.248 e. The van der Waals surface area contributed by atoms with E-state index in [1.807, 2.05) is 6.07 Å². The maximum atomic E-state index is 10.4. The summed E-state index contributed by atoms with van der Waals surface area (Å²) in [6, 6.07) is 20.7. The van der Waals surface area contributed by atoms with Crippen LogP contribution < -0.4 is 11.1 Å². The molecule has 1 unspecified atom stereocenters. The number of benzene rings is 2. The zero-order valence-corrected chi connectivity index (χ0v) is 19.9. The Bertz CT molecular complexity index is 815. The number of nitrogens with one attached hydrogen (secondary N) is 1. The summed E-state index contributed by atoms with van der Waals surface area (Å²) in [6.45, 7) is 5.79. The lowest BCUT2D eigenvalue weighted by Gasteiger charge is -2.35. The Morgan fingerprint density at radius 1 is 1.15 bits per heavy atom. The van der Waals surface area contributed by atoms with Crippen molar-refractivity contribution in [2.75, 3.05) is 53.7 Å². The van der Waals surface area contributed by atoms with Gasteiger partial charge in [-0.05, 0) is 44.1 Å². The summed E-state index contributed by atoms with van der Waals surface area (Å²) in [5.41, 5.74) is 6.94. The topological polar surface area (TPSA) is 80.1 Å². The van der Waals surface area contributed by atoms with E-state index in [-0.39, 0.29) is 5.91 Å². The molecule has 1 amide bonds. The van der Waals surface area contributed by atoms with Crippen LogP contribution in [0.25, 0.3) is 0 Å². The monoisotopic (exact) mass is 454 g/mol. The Hall–Kier alpha value is -2.29. The molecule has 0 radical (unpaired) electrons. The standard InChI is InChI=1S/C19H31N3O2.C7H7NO/c1-21(17-8-10-20-12-17)19(16-6-4-3-5-7-16)14-22-11-9-18(13-22)24-15-23-2;8-7(9)6-4-2-1-3-5-6/h3-7,17-20H,8-15H2,1-2H3;1-5H,(H2,8,9)/t17?,18-,19+;/m0./s1. The van der Waals surface area contributed by atoms with Gasteiger partial charge >= 0.3 is 0 Å². The second-order valence-corrected chi connectivity index (χ2v) is 8.71. The summed E-state index contributed by atoms with van der Waals surface area (Å²) < 4.78 is 10.8. The highest BCUT2D eigenvalue weighted by atomic mass is 16.7. The van der Waals surface area contributed by atoms with E-state index < -0.39 is 0 Å². The maximum Gasteiger partial charge on any atom is 0.248 e. The number of carbonyl (C=O) groups excluding carboxylic acids is 1. The van der Waals surface area contributed by atoms with Crippen LogP contribution in [0, 0.1) is 0 Å². The van der Waals surface area contributed by atoms with Crippen LogP contribution in [-0.4, -0.2) is 81.5 Å². The summed E-state index contributed by atoms with van der Waals surface area (Å²) in [4.78, 5) is 15.5. The molecule has 7 nitrogen and oxygen atoms in total. The minimum Gasteiger partial charge on any atom is -0.366 e. The number of likely N-dealkylation sites (N-methyl/N-ethyl adjacent to an activating group) is 1. The van der Waals surface area contributed by atoms with E-state index in [4.69, 9.17) is 15.2 Å². The van der Waals surface area contributed by atoms with Crippen molar-refractivity contribution in [3.63, 3.8) is 0 Å². The first-order valence-corrected chi connectivity index (χ1v) is 11.7. The van der Waals surface area contributed by atoms with Crippen LogP contribution in [0.2, 0.25) is 0 Å². The molecular weight excluding hydrogens is 416 g/mol. The van der Waals surface area contributed by atoms with Gasteiger partial charge in [0.05, 0.1) is 6.10 Å². The molecule has 2 fully saturated rings. The lowest BCUT2D eigenvalue weighted by molar-refractivity contribution is -0.0675. The number of carbonyl (C=O) groups is 1. The summed E-state index contributed by atoms with van der Waals surface area (Å²) in [7, 11) is 3.97. The van der Waals surface area contributed by atoms with Gasteiger partial charge in [-0.3, -0.25) is 14.6 Å². The third-order valence-corrected chi connectivity index (χ3v) is 6.43. The molecule has 2 aliphatic rings. The Morgan fingerprint density at radius 3 is 2.42 bits per heavy atom. The highest BCUT2D eigenvalue weighted by Crippen LogP contribution is 2.26. The van der Waals surface area contributed by atoms with Crippen molar-refractivity contribution >= 4 is 5.91 Å². The predicted molar refractivity (Wildman–Crippen MR) is 131 cm³/mol. The molecule has 3 atom stereocenters. The van der Waals surface area contributed by atoms with Gasteiger partial charge in [0.2, 0.25) is 5.91 Å². The fraction of sp³-hybridized carbons (Fsp3) is 0.500. The molecule has 4 rings (SSSR count). The number of likely N-dealkylation sites (tertiary alicyclic amines) is 1. The Balaban J connectivity index is 0.000000286. The van der Waals surface area contributed by atoms with Crippen molar-refractivity contribution in [3.8, 4) is 0 Å². The van der Waals surface area contributed by atoms with Gasteiger partial charge < -0.3 is 20.5 Å². The van der Waals surface area contributed by atoms with Crippen LogP contribution in [-0.2, 0) is 9.47 Å². The van der Waals surface area contributed by atoms with Gasteiger partial charge in [0.1, 0.15) is 6.79 Å². The predicted octanol–water partition coefficient (Wildman–Crippen LogP) is 2.50. The van der Waals surface area contributed by atoms with Crippen LogP contribution >= 0.6 is 0 Å². The molecule has 2 heterocycles. The van der Waals surface area contributed by atoms with Gasteiger partial charge in [-0.25, -0.2) is 0 Å². The molecule has 0 aliphatic carbocycles. The summed E-state index contributed by atoms with van der Waals surface area (Å²) in [5, 5.41) is 3.49. The molecule has 2 aliphatic heterocycles. The van der Waals surface area contributed by atoms with Crippen molar-refractivity contribution in [1.29, 1.82) is 0 Å². The number of rotatable bonds is 9. The van der Waals surface area contributed by atoms with Gasteiger partial charge in [0.25, 0.3) is 0 Å². The summed E-state index contributed by atoms with van der Waals surface area (Å²) in [5.74, 6) is -0.379. The van der Waals surface area contributed by atoms with E-state index in [0.717, 1.165) is 39.1 Å². The number of hydrogen-bond donors (Lipinski definition) is 2. The second kappa shape index (κ2) is 13.4. The summed E-state index contributed by atoms with van der Waals surface area (Å²) >= 11 is 0. The minimum absolute atomic E-state index is 0.305. The van der Waals surface area contributed by atoms with E-state index in [0.29, 0.717) is 30.5 Å². The van der Waals surface area contributed by atoms with Gasteiger partial charge in [-0.15, -0.1) is 0 Å². The average molecular weight is 455 g/mol. The van der Waals surface area contributed by atoms with Crippen LogP contribution in [0.3, 0.4) is 0 Å². The number of ether oxygens (including phenoxy) is 2. The fourth-order valence-corrected chi connectivity index (χ4v) is 4.50. The minimum atomic E-state index is -0.379. The first kappa shape index (κ1) is 25.3. The van der Waals surface area contributed by atoms with Crippen molar-refractivity contribution in [2.45, 2.75) is 31.0 Å². The zero-order chi connectivity index (χ0) is 23.5. The largest absolute Gasteiger partial charge is 0.366 e. The van der Waals surface area contributed by atoms with Crippen LogP contribution in [0.4, 0.5) is 0 Å². The van der Waals surface area contributed by atoms with Gasteiger partial charge in [0.15, 0.2) is 0 Å². The Kier molecular flexibility index (Phi) is 10.3. The van der Waals surface area contributed by atoms with E-state index in [9.17, 15) is 4.79 Å². The lowest BCUT2D eigenvalue weighted by atomic mass is 10.0. The molecule has 33 heavy (non-hydrogen) atoms. The van der Waals surface area contributed by atoms with E-state index in [1.165, 1.54) is 12.0 Å². The molecule has 0 bridgehead atoms. The van der Waals surface area contributed by atoms with E-state index in [2.05, 4.69) is 52.5 Å². The summed E-state index contributed by atoms with van der Waals surface area (Å²) in [6.07, 6.45) is 2.64. The molecule has 3 N–H and O–H groups in total. The molecule has 180 valence electrons. The third kappa shape index (κ3) is 7.91. The van der Waals surface area contributed by atoms with Crippen LogP contribution in [0.5, 0.6) is 0 Å². The maximum absolute atomic E-state index is 10.4. The van der Waals surface area contributed by atoms with Gasteiger partial charge in [-0.1, -0.05) is 48.5 Å². The normalized spacial score (nSPS) is 21.5. The molecule has 0 saturated carbocycles. The zero-order valence-electron chi connectivity index (χ0n) is 19.9. The lowest BCUT2D eigenvalue weighted by Crippen LogP contribution is -2.42. The Morgan fingerprint density at radius 2 is 1.85 bits per heavy atom. The molecule has 0 spiro atoms. The highest BCUT2D eigenvalue weighted by Gasteiger charge is 2.31. The van der Waals surface area contributed by atoms with Crippen LogP contribution in [0.15, 0.2) is 60.7 Å². The van der Waals surface area contributed by atoms with Gasteiger partial charge in [0, 0.05) is 50.9 Å². The number of amides is 1. The molecule has 2 saturated heterocycles. The average Bonchev–Trinajstić information content (AvgIpc) is 3.55.